The number of aryl methyl sites for hydroxylation is 2. The van der Waals surface area contributed by atoms with Gasteiger partial charge in [0.05, 0.1) is 0 Å². The van der Waals surface area contributed by atoms with Crippen molar-refractivity contribution in [2.24, 2.45) is 0 Å². The molecule has 2 aromatic heterocycles. The molecule has 0 spiro atoms. The third kappa shape index (κ3) is 3.30. The number of rotatable bonds is 3. The summed E-state index contributed by atoms with van der Waals surface area (Å²) in [6.07, 6.45) is -2.98. The van der Waals surface area contributed by atoms with Crippen LogP contribution in [0.5, 0.6) is 0 Å². The molecule has 0 saturated heterocycles. The van der Waals surface area contributed by atoms with E-state index in [2.05, 4.69) is 23.4 Å². The molecule has 1 aliphatic rings. The van der Waals surface area contributed by atoms with E-state index >= 15 is 0 Å². The highest BCUT2D eigenvalue weighted by Crippen LogP contribution is 2.42. The number of halogens is 3. The Morgan fingerprint density at radius 2 is 2.00 bits per heavy atom. The third-order valence-corrected chi connectivity index (χ3v) is 6.02. The van der Waals surface area contributed by atoms with E-state index in [1.165, 1.54) is 26.2 Å². The van der Waals surface area contributed by atoms with Gasteiger partial charge in [0.1, 0.15) is 0 Å². The van der Waals surface area contributed by atoms with Crippen LogP contribution >= 0.6 is 11.3 Å². The lowest BCUT2D eigenvalue weighted by atomic mass is 9.84. The second-order valence-corrected chi connectivity index (χ2v) is 8.09. The molecule has 142 valence electrons. The maximum Gasteiger partial charge on any atom is 0.435 e. The van der Waals surface area contributed by atoms with Gasteiger partial charge in [0.25, 0.3) is 0 Å². The van der Waals surface area contributed by atoms with Gasteiger partial charge in [-0.3, -0.25) is 4.68 Å². The summed E-state index contributed by atoms with van der Waals surface area (Å²) >= 11 is 1.75. The lowest BCUT2D eigenvalue weighted by molar-refractivity contribution is -0.141. The molecule has 0 saturated carbocycles. The zero-order chi connectivity index (χ0) is 19.2. The summed E-state index contributed by atoms with van der Waals surface area (Å²) in [6.45, 7) is 5.77. The minimum absolute atomic E-state index is 0.0287. The summed E-state index contributed by atoms with van der Waals surface area (Å²) < 4.78 is 42.2. The van der Waals surface area contributed by atoms with Gasteiger partial charge in [-0.05, 0) is 36.6 Å². The highest BCUT2D eigenvalue weighted by Gasteiger charge is 2.38. The van der Waals surface area contributed by atoms with Crippen LogP contribution in [0.25, 0.3) is 11.1 Å². The molecule has 3 aromatic rings. The molecule has 0 aliphatic carbocycles. The summed E-state index contributed by atoms with van der Waals surface area (Å²) in [5, 5.41) is 7.20. The minimum Gasteiger partial charge on any atom is -0.311 e. The number of hydrogen-bond acceptors (Lipinski definition) is 3. The molecular weight excluding hydrogens is 371 g/mol. The average molecular weight is 391 g/mol. The first-order valence-corrected chi connectivity index (χ1v) is 9.74. The van der Waals surface area contributed by atoms with E-state index < -0.39 is 11.9 Å². The topological polar surface area (TPSA) is 29.9 Å². The number of nitrogens with one attached hydrogen (secondary N) is 1. The third-order valence-electron chi connectivity index (χ3n) is 4.95. The Morgan fingerprint density at radius 1 is 1.22 bits per heavy atom. The van der Waals surface area contributed by atoms with Crippen molar-refractivity contribution in [2.45, 2.75) is 39.0 Å². The van der Waals surface area contributed by atoms with E-state index in [1.807, 2.05) is 12.1 Å². The van der Waals surface area contributed by atoms with Gasteiger partial charge in [0, 0.05) is 47.1 Å². The van der Waals surface area contributed by atoms with Crippen LogP contribution in [0.2, 0.25) is 0 Å². The van der Waals surface area contributed by atoms with Gasteiger partial charge in [0.15, 0.2) is 5.69 Å². The van der Waals surface area contributed by atoms with Crippen molar-refractivity contribution < 1.29 is 13.2 Å². The molecular formula is C20H20F3N3S. The Morgan fingerprint density at radius 3 is 2.74 bits per heavy atom. The van der Waals surface area contributed by atoms with Crippen molar-refractivity contribution in [1.29, 1.82) is 0 Å². The smallest absolute Gasteiger partial charge is 0.311 e. The fraction of sp³-hybridized carbons (Fsp3) is 0.350. The molecule has 0 unspecified atom stereocenters. The first-order chi connectivity index (χ1) is 12.9. The maximum atomic E-state index is 13.6. The highest BCUT2D eigenvalue weighted by atomic mass is 32.1. The summed E-state index contributed by atoms with van der Waals surface area (Å²) in [7, 11) is 0. The number of hydrogen-bond donors (Lipinski definition) is 1. The Balaban J connectivity index is 1.88. The van der Waals surface area contributed by atoms with Crippen LogP contribution in [0.4, 0.5) is 13.2 Å². The second kappa shape index (κ2) is 6.80. The summed E-state index contributed by atoms with van der Waals surface area (Å²) in [4.78, 5) is 2.49. The lowest BCUT2D eigenvalue weighted by Gasteiger charge is -2.26. The van der Waals surface area contributed by atoms with E-state index in [-0.39, 0.29) is 11.5 Å². The Kier molecular flexibility index (Phi) is 4.60. The molecule has 1 N–H and O–H groups in total. The normalized spacial score (nSPS) is 17.1. The average Bonchev–Trinajstić information content (AvgIpc) is 3.23. The lowest BCUT2D eigenvalue weighted by Crippen LogP contribution is -2.27. The summed E-state index contributed by atoms with van der Waals surface area (Å²) in [6, 6.07) is 9.56. The van der Waals surface area contributed by atoms with Crippen LogP contribution in [0.15, 0.2) is 36.5 Å². The van der Waals surface area contributed by atoms with E-state index in [1.54, 1.807) is 30.4 Å². The number of nitrogens with zero attached hydrogens (tertiary/aromatic N) is 2. The van der Waals surface area contributed by atoms with Crippen LogP contribution in [0.1, 0.15) is 39.4 Å². The van der Waals surface area contributed by atoms with Crippen molar-refractivity contribution >= 4 is 11.3 Å². The van der Waals surface area contributed by atoms with Crippen molar-refractivity contribution in [2.75, 3.05) is 6.54 Å². The first-order valence-electron chi connectivity index (χ1n) is 8.92. The van der Waals surface area contributed by atoms with Crippen LogP contribution in [-0.4, -0.2) is 16.3 Å². The van der Waals surface area contributed by atoms with Crippen molar-refractivity contribution in [3.63, 3.8) is 0 Å². The molecule has 0 amide bonds. The van der Waals surface area contributed by atoms with Gasteiger partial charge in [-0.25, -0.2) is 0 Å². The van der Waals surface area contributed by atoms with Gasteiger partial charge in [-0.1, -0.05) is 24.3 Å². The summed E-state index contributed by atoms with van der Waals surface area (Å²) in [5.74, 6) is 0.0287. The standard InChI is InChI=1S/C20H20F3N3S/c1-3-26-11-17(19(25-26)20(21,22)23)14-7-5-4-6-13(14)16-9-24-10-18-15(16)8-12(2)27-18/h4-8,11,16,24H,3,9-10H2,1-2H3/t16-/m0/s1. The molecule has 0 radical (unpaired) electrons. The molecule has 3 nitrogen and oxygen atoms in total. The Hall–Kier alpha value is -2.12. The monoisotopic (exact) mass is 391 g/mol. The zero-order valence-corrected chi connectivity index (χ0v) is 15.9. The van der Waals surface area contributed by atoms with Crippen LogP contribution in [0, 0.1) is 6.92 Å². The molecule has 3 heterocycles. The molecule has 1 aliphatic heterocycles. The Labute approximate surface area is 159 Å². The van der Waals surface area contributed by atoms with Crippen molar-refractivity contribution in [1.82, 2.24) is 15.1 Å². The number of alkyl halides is 3. The SMILES string of the molecule is CCn1cc(-c2ccccc2[C@@H]2CNCc3sc(C)cc32)c(C(F)(F)F)n1. The van der Waals surface area contributed by atoms with Crippen molar-refractivity contribution in [3.05, 3.63) is 63.1 Å². The van der Waals surface area contributed by atoms with Crippen LogP contribution in [0.3, 0.4) is 0 Å². The fourth-order valence-corrected chi connectivity index (χ4v) is 4.84. The highest BCUT2D eigenvalue weighted by molar-refractivity contribution is 7.12. The number of thiophene rings is 1. The molecule has 7 heteroatoms. The van der Waals surface area contributed by atoms with Gasteiger partial charge >= 0.3 is 6.18 Å². The van der Waals surface area contributed by atoms with Gasteiger partial charge in [-0.2, -0.15) is 18.3 Å². The Bertz CT molecular complexity index is 971. The van der Waals surface area contributed by atoms with E-state index in [0.717, 1.165) is 12.1 Å². The quantitative estimate of drug-likeness (QED) is 0.666. The zero-order valence-electron chi connectivity index (χ0n) is 15.1. The first kappa shape index (κ1) is 18.3. The predicted molar refractivity (Wildman–Crippen MR) is 101 cm³/mol. The van der Waals surface area contributed by atoms with Crippen LogP contribution < -0.4 is 5.32 Å². The number of benzene rings is 1. The maximum absolute atomic E-state index is 13.6. The molecule has 0 fully saturated rings. The number of fused-ring (bicyclic) bond motifs is 1. The fourth-order valence-electron chi connectivity index (χ4n) is 3.77. The molecule has 1 atom stereocenters. The van der Waals surface area contributed by atoms with Gasteiger partial charge in [0.2, 0.25) is 0 Å². The molecule has 0 bridgehead atoms. The molecule has 27 heavy (non-hydrogen) atoms. The second-order valence-electron chi connectivity index (χ2n) is 6.75. The van der Waals surface area contributed by atoms with E-state index in [9.17, 15) is 13.2 Å². The largest absolute Gasteiger partial charge is 0.435 e. The molecule has 4 rings (SSSR count). The van der Waals surface area contributed by atoms with E-state index in [4.69, 9.17) is 0 Å². The van der Waals surface area contributed by atoms with Gasteiger partial charge < -0.3 is 5.32 Å². The van der Waals surface area contributed by atoms with Crippen LogP contribution in [-0.2, 0) is 19.3 Å². The van der Waals surface area contributed by atoms with Crippen molar-refractivity contribution in [3.8, 4) is 11.1 Å². The minimum atomic E-state index is -4.49. The summed E-state index contributed by atoms with van der Waals surface area (Å²) in [5.41, 5.74) is 2.07. The number of aromatic nitrogens is 2. The van der Waals surface area contributed by atoms with Gasteiger partial charge in [-0.15, -0.1) is 11.3 Å². The molecule has 1 aromatic carbocycles. The predicted octanol–water partition coefficient (Wildman–Crippen LogP) is 5.19. The van der Waals surface area contributed by atoms with E-state index in [0.29, 0.717) is 18.7 Å².